The smallest absolute Gasteiger partial charge is 0.287 e. The molecule has 0 fully saturated rings. The Morgan fingerprint density at radius 1 is 1.56 bits per heavy atom. The number of pyridine rings is 1. The van der Waals surface area contributed by atoms with Gasteiger partial charge in [0.2, 0.25) is 0 Å². The molecule has 0 amide bonds. The summed E-state index contributed by atoms with van der Waals surface area (Å²) in [6.07, 6.45) is 0. The van der Waals surface area contributed by atoms with Gasteiger partial charge >= 0.3 is 0 Å². The van der Waals surface area contributed by atoms with Crippen LogP contribution >= 0.6 is 0 Å². The van der Waals surface area contributed by atoms with Crippen LogP contribution in [0.25, 0.3) is 0 Å². The maximum Gasteiger partial charge on any atom is 0.287 e. The van der Waals surface area contributed by atoms with Gasteiger partial charge in [0.25, 0.3) is 5.92 Å². The minimum atomic E-state index is -3.22. The van der Waals surface area contributed by atoms with Gasteiger partial charge in [-0.25, -0.2) is 13.8 Å². The maximum atomic E-state index is 12.8. The van der Waals surface area contributed by atoms with Crippen molar-refractivity contribution in [2.75, 3.05) is 18.5 Å². The molecule has 0 radical (unpaired) electrons. The third-order valence-electron chi connectivity index (χ3n) is 1.90. The maximum absolute atomic E-state index is 12.8. The number of rotatable bonds is 4. The van der Waals surface area contributed by atoms with E-state index in [4.69, 9.17) is 10.4 Å². The molecule has 0 saturated heterocycles. The van der Waals surface area contributed by atoms with Crippen molar-refractivity contribution in [1.29, 1.82) is 5.26 Å². The average molecular weight is 227 g/mol. The Kier molecular flexibility index (Phi) is 3.74. The predicted molar refractivity (Wildman–Crippen MR) is 54.2 cm³/mol. The third-order valence-corrected chi connectivity index (χ3v) is 1.90. The average Bonchev–Trinajstić information content (AvgIpc) is 2.27. The SMILES string of the molecule is Cc1ccc(C#N)c(NCC(F)(F)CO)n1. The summed E-state index contributed by atoms with van der Waals surface area (Å²) in [6.45, 7) is -0.307. The number of aryl methyl sites for hydroxylation is 1. The lowest BCUT2D eigenvalue weighted by molar-refractivity contribution is -0.0373. The number of aromatic nitrogens is 1. The molecule has 0 aliphatic heterocycles. The Bertz CT molecular complexity index is 415. The summed E-state index contributed by atoms with van der Waals surface area (Å²) in [6, 6.07) is 4.97. The van der Waals surface area contributed by atoms with E-state index < -0.39 is 19.1 Å². The van der Waals surface area contributed by atoms with Crippen molar-refractivity contribution in [2.45, 2.75) is 12.8 Å². The molecule has 0 saturated carbocycles. The van der Waals surface area contributed by atoms with Crippen molar-refractivity contribution in [3.05, 3.63) is 23.4 Å². The molecular formula is C10H11F2N3O. The summed E-state index contributed by atoms with van der Waals surface area (Å²) in [4.78, 5) is 3.93. The second kappa shape index (κ2) is 4.86. The van der Waals surface area contributed by atoms with Crippen LogP contribution in [-0.2, 0) is 0 Å². The van der Waals surface area contributed by atoms with E-state index in [-0.39, 0.29) is 11.4 Å². The molecule has 2 N–H and O–H groups in total. The van der Waals surface area contributed by atoms with E-state index in [9.17, 15) is 8.78 Å². The summed E-state index contributed by atoms with van der Waals surface area (Å²) < 4.78 is 25.5. The molecule has 1 aromatic rings. The highest BCUT2D eigenvalue weighted by Crippen LogP contribution is 2.16. The standard InChI is InChI=1S/C10H11F2N3O/c1-7-2-3-8(4-13)9(15-7)14-5-10(11,12)6-16/h2-3,16H,5-6H2,1H3,(H,14,15). The van der Waals surface area contributed by atoms with Crippen molar-refractivity contribution in [2.24, 2.45) is 0 Å². The highest BCUT2D eigenvalue weighted by molar-refractivity contribution is 5.52. The van der Waals surface area contributed by atoms with Gasteiger partial charge in [0.1, 0.15) is 18.5 Å². The quantitative estimate of drug-likeness (QED) is 0.813. The van der Waals surface area contributed by atoms with Gasteiger partial charge in [-0.15, -0.1) is 0 Å². The lowest BCUT2D eigenvalue weighted by Gasteiger charge is -2.15. The fraction of sp³-hybridized carbons (Fsp3) is 0.400. The van der Waals surface area contributed by atoms with Crippen LogP contribution in [0.4, 0.5) is 14.6 Å². The van der Waals surface area contributed by atoms with E-state index in [0.29, 0.717) is 5.69 Å². The van der Waals surface area contributed by atoms with Gasteiger partial charge in [0, 0.05) is 5.69 Å². The van der Waals surface area contributed by atoms with Crippen LogP contribution in [0.5, 0.6) is 0 Å². The second-order valence-corrected chi connectivity index (χ2v) is 3.33. The molecular weight excluding hydrogens is 216 g/mol. The van der Waals surface area contributed by atoms with Crippen molar-refractivity contribution in [3.63, 3.8) is 0 Å². The first-order valence-electron chi connectivity index (χ1n) is 4.59. The van der Waals surface area contributed by atoms with Crippen molar-refractivity contribution in [1.82, 2.24) is 4.98 Å². The molecule has 0 bridgehead atoms. The summed E-state index contributed by atoms with van der Waals surface area (Å²) in [7, 11) is 0. The first-order chi connectivity index (χ1) is 7.48. The molecule has 0 atom stereocenters. The largest absolute Gasteiger partial charge is 0.390 e. The van der Waals surface area contributed by atoms with Crippen LogP contribution < -0.4 is 5.32 Å². The molecule has 1 rings (SSSR count). The van der Waals surface area contributed by atoms with Gasteiger partial charge in [0.15, 0.2) is 0 Å². The van der Waals surface area contributed by atoms with E-state index >= 15 is 0 Å². The third kappa shape index (κ3) is 3.14. The lowest BCUT2D eigenvalue weighted by atomic mass is 10.2. The molecule has 0 aliphatic rings. The Morgan fingerprint density at radius 3 is 2.81 bits per heavy atom. The molecule has 0 aliphatic carbocycles. The number of alkyl halides is 2. The molecule has 0 aromatic carbocycles. The number of nitrogens with zero attached hydrogens (tertiary/aromatic N) is 2. The minimum Gasteiger partial charge on any atom is -0.390 e. The zero-order valence-electron chi connectivity index (χ0n) is 8.67. The Hall–Kier alpha value is -1.74. The van der Waals surface area contributed by atoms with Crippen molar-refractivity contribution in [3.8, 4) is 6.07 Å². The van der Waals surface area contributed by atoms with E-state index in [2.05, 4.69) is 10.3 Å². The molecule has 1 aromatic heterocycles. The Balaban J connectivity index is 2.81. The Morgan fingerprint density at radius 2 is 2.25 bits per heavy atom. The van der Waals surface area contributed by atoms with Gasteiger partial charge in [-0.05, 0) is 19.1 Å². The molecule has 1 heterocycles. The van der Waals surface area contributed by atoms with Crippen LogP contribution in [0, 0.1) is 18.3 Å². The monoisotopic (exact) mass is 227 g/mol. The zero-order valence-corrected chi connectivity index (χ0v) is 8.67. The first-order valence-corrected chi connectivity index (χ1v) is 4.59. The minimum absolute atomic E-state index is 0.107. The van der Waals surface area contributed by atoms with E-state index in [0.717, 1.165) is 0 Å². The fourth-order valence-corrected chi connectivity index (χ4v) is 1.05. The molecule has 86 valence electrons. The Labute approximate surface area is 91.5 Å². The van der Waals surface area contributed by atoms with Crippen LogP contribution in [0.1, 0.15) is 11.3 Å². The normalized spacial score (nSPS) is 10.9. The molecule has 4 nitrogen and oxygen atoms in total. The number of anilines is 1. The van der Waals surface area contributed by atoms with Crippen LogP contribution in [0.3, 0.4) is 0 Å². The van der Waals surface area contributed by atoms with E-state index in [1.54, 1.807) is 13.0 Å². The van der Waals surface area contributed by atoms with Crippen LogP contribution in [0.15, 0.2) is 12.1 Å². The number of hydrogen-bond donors (Lipinski definition) is 2. The topological polar surface area (TPSA) is 68.9 Å². The first kappa shape index (κ1) is 12.3. The van der Waals surface area contributed by atoms with Gasteiger partial charge in [-0.1, -0.05) is 0 Å². The fourth-order valence-electron chi connectivity index (χ4n) is 1.05. The number of nitriles is 1. The number of aliphatic hydroxyl groups is 1. The molecule has 6 heteroatoms. The van der Waals surface area contributed by atoms with Crippen molar-refractivity contribution < 1.29 is 13.9 Å². The van der Waals surface area contributed by atoms with Gasteiger partial charge in [0.05, 0.1) is 12.1 Å². The number of hydrogen-bond acceptors (Lipinski definition) is 4. The predicted octanol–water partition coefficient (Wildman–Crippen LogP) is 1.30. The zero-order chi connectivity index (χ0) is 12.2. The van der Waals surface area contributed by atoms with Gasteiger partial charge < -0.3 is 10.4 Å². The lowest BCUT2D eigenvalue weighted by Crippen LogP contribution is -2.31. The number of nitrogens with one attached hydrogen (secondary N) is 1. The molecule has 16 heavy (non-hydrogen) atoms. The van der Waals surface area contributed by atoms with E-state index in [1.165, 1.54) is 6.07 Å². The van der Waals surface area contributed by atoms with Crippen LogP contribution in [-0.4, -0.2) is 29.2 Å². The van der Waals surface area contributed by atoms with Crippen molar-refractivity contribution >= 4 is 5.82 Å². The summed E-state index contributed by atoms with van der Waals surface area (Å²) >= 11 is 0. The summed E-state index contributed by atoms with van der Waals surface area (Å²) in [5.74, 6) is -3.12. The summed E-state index contributed by atoms with van der Waals surface area (Å²) in [5.41, 5.74) is 0.813. The molecule has 0 spiro atoms. The highest BCUT2D eigenvalue weighted by atomic mass is 19.3. The van der Waals surface area contributed by atoms with Crippen LogP contribution in [0.2, 0.25) is 0 Å². The van der Waals surface area contributed by atoms with E-state index in [1.807, 2.05) is 6.07 Å². The highest BCUT2D eigenvalue weighted by Gasteiger charge is 2.27. The number of aliphatic hydroxyl groups excluding tert-OH is 1. The second-order valence-electron chi connectivity index (χ2n) is 3.33. The number of halogens is 2. The summed E-state index contributed by atoms with van der Waals surface area (Å²) in [5, 5.41) is 19.5. The molecule has 0 unspecified atom stereocenters. The van der Waals surface area contributed by atoms with Gasteiger partial charge in [-0.2, -0.15) is 5.26 Å². The van der Waals surface area contributed by atoms with Gasteiger partial charge in [-0.3, -0.25) is 0 Å².